The van der Waals surface area contributed by atoms with Gasteiger partial charge in [-0.15, -0.1) is 0 Å². The van der Waals surface area contributed by atoms with Gasteiger partial charge in [0, 0.05) is 23.5 Å². The fourth-order valence-electron chi connectivity index (χ4n) is 2.69. The van der Waals surface area contributed by atoms with Crippen LogP contribution >= 0.6 is 0 Å². The first kappa shape index (κ1) is 24.6. The highest BCUT2D eigenvalue weighted by Gasteiger charge is 2.37. The highest BCUT2D eigenvalue weighted by Crippen LogP contribution is 2.36. The van der Waals surface area contributed by atoms with Crippen molar-refractivity contribution in [2.75, 3.05) is 29.9 Å². The third-order valence-corrected chi connectivity index (χ3v) is 10.2. The van der Waals surface area contributed by atoms with E-state index in [4.69, 9.17) is 9.63 Å². The minimum absolute atomic E-state index is 0.0813. The maximum absolute atomic E-state index is 13.0. The van der Waals surface area contributed by atoms with Crippen molar-refractivity contribution in [2.24, 2.45) is 0 Å². The van der Waals surface area contributed by atoms with Gasteiger partial charge in [-0.1, -0.05) is 39.0 Å². The van der Waals surface area contributed by atoms with Crippen molar-refractivity contribution in [1.82, 2.24) is 5.48 Å². The number of hydrogen-bond acceptors (Lipinski definition) is 5. The summed E-state index contributed by atoms with van der Waals surface area (Å²) in [7, 11) is -1.90. The Morgan fingerprint density at radius 3 is 2.19 bits per heavy atom. The van der Waals surface area contributed by atoms with Gasteiger partial charge in [0.1, 0.15) is 0 Å². The first-order valence-electron chi connectivity index (χ1n) is 10.3. The number of rotatable bonds is 9. The summed E-state index contributed by atoms with van der Waals surface area (Å²) in [6.45, 7) is 12.0. The first-order chi connectivity index (χ1) is 14.5. The average Bonchev–Trinajstić information content (AvgIpc) is 2.74. The number of amides is 2. The van der Waals surface area contributed by atoms with Crippen molar-refractivity contribution >= 4 is 31.5 Å². The van der Waals surface area contributed by atoms with Crippen LogP contribution < -0.4 is 15.7 Å². The third-order valence-electron chi connectivity index (χ3n) is 5.65. The number of benzene rings is 2. The molecular weight excluding hydrogens is 410 g/mol. The van der Waals surface area contributed by atoms with Gasteiger partial charge in [0.05, 0.1) is 13.2 Å². The van der Waals surface area contributed by atoms with Gasteiger partial charge >= 0.3 is 0 Å². The molecule has 0 spiro atoms. The molecule has 8 heteroatoms. The molecule has 0 atom stereocenters. The highest BCUT2D eigenvalue weighted by molar-refractivity contribution is 6.74. The van der Waals surface area contributed by atoms with E-state index in [9.17, 15) is 9.59 Å². The Kier molecular flexibility index (Phi) is 8.38. The van der Waals surface area contributed by atoms with Gasteiger partial charge < -0.3 is 14.6 Å². The second-order valence-electron chi connectivity index (χ2n) is 8.86. The summed E-state index contributed by atoms with van der Waals surface area (Å²) in [6.07, 6.45) is 0. The standard InChI is InChI=1S/C23H33N3O4Si/c1-23(2,3)31(4,5)30-16-15-26(20-9-7-6-8-10-20)21(27)17-24-19-13-11-18(12-14-19)22(28)25-29/h6-14,24,29H,15-17H2,1-5H3,(H,25,28). The van der Waals surface area contributed by atoms with Gasteiger partial charge in [-0.25, -0.2) is 5.48 Å². The number of carbonyl (C=O) groups is 2. The molecule has 0 aliphatic carbocycles. The molecule has 7 nitrogen and oxygen atoms in total. The summed E-state index contributed by atoms with van der Waals surface area (Å²) in [5.74, 6) is -0.665. The number of anilines is 2. The van der Waals surface area contributed by atoms with Crippen LogP contribution in [0.3, 0.4) is 0 Å². The maximum atomic E-state index is 13.0. The topological polar surface area (TPSA) is 90.9 Å². The summed E-state index contributed by atoms with van der Waals surface area (Å²) < 4.78 is 6.27. The summed E-state index contributed by atoms with van der Waals surface area (Å²) >= 11 is 0. The molecular formula is C23H33N3O4Si. The van der Waals surface area contributed by atoms with E-state index in [0.717, 1.165) is 5.69 Å². The van der Waals surface area contributed by atoms with E-state index in [1.807, 2.05) is 30.3 Å². The van der Waals surface area contributed by atoms with E-state index in [1.165, 1.54) is 0 Å². The summed E-state index contributed by atoms with van der Waals surface area (Å²) in [6, 6.07) is 16.1. The number of hydrogen-bond donors (Lipinski definition) is 3. The van der Waals surface area contributed by atoms with Crippen LogP contribution in [0.5, 0.6) is 0 Å². The van der Waals surface area contributed by atoms with Crippen molar-refractivity contribution in [3.8, 4) is 0 Å². The van der Waals surface area contributed by atoms with Crippen LogP contribution in [0.1, 0.15) is 31.1 Å². The zero-order valence-corrected chi connectivity index (χ0v) is 19.9. The number of hydroxylamine groups is 1. The van der Waals surface area contributed by atoms with Crippen molar-refractivity contribution in [2.45, 2.75) is 38.9 Å². The molecule has 2 aromatic rings. The van der Waals surface area contributed by atoms with E-state index in [1.54, 1.807) is 34.6 Å². The van der Waals surface area contributed by atoms with Gasteiger partial charge in [0.25, 0.3) is 5.91 Å². The van der Waals surface area contributed by atoms with Crippen LogP contribution in [0.15, 0.2) is 54.6 Å². The molecule has 0 saturated carbocycles. The molecule has 3 N–H and O–H groups in total. The molecule has 0 radical (unpaired) electrons. The Labute approximate surface area is 185 Å². The van der Waals surface area contributed by atoms with E-state index >= 15 is 0 Å². The Morgan fingerprint density at radius 2 is 1.65 bits per heavy atom. The molecule has 0 aliphatic heterocycles. The van der Waals surface area contributed by atoms with E-state index in [0.29, 0.717) is 24.4 Å². The lowest BCUT2D eigenvalue weighted by Gasteiger charge is -2.36. The molecule has 0 saturated heterocycles. The predicted molar refractivity (Wildman–Crippen MR) is 126 cm³/mol. The molecule has 31 heavy (non-hydrogen) atoms. The van der Waals surface area contributed by atoms with Crippen LogP contribution in [0.2, 0.25) is 18.1 Å². The molecule has 168 valence electrons. The third kappa shape index (κ3) is 6.92. The molecule has 0 fully saturated rings. The number of nitrogens with zero attached hydrogens (tertiary/aromatic N) is 1. The van der Waals surface area contributed by atoms with Crippen molar-refractivity contribution in [1.29, 1.82) is 0 Å². The molecule has 2 amide bonds. The lowest BCUT2D eigenvalue weighted by Crippen LogP contribution is -2.44. The van der Waals surface area contributed by atoms with Gasteiger partial charge in [0.15, 0.2) is 8.32 Å². The van der Waals surface area contributed by atoms with E-state index in [2.05, 4.69) is 39.2 Å². The first-order valence-corrected chi connectivity index (χ1v) is 13.2. The monoisotopic (exact) mass is 443 g/mol. The Hall–Kier alpha value is -2.68. The highest BCUT2D eigenvalue weighted by atomic mass is 28.4. The Balaban J connectivity index is 2.03. The van der Waals surface area contributed by atoms with Crippen molar-refractivity contribution in [3.05, 3.63) is 60.2 Å². The van der Waals surface area contributed by atoms with E-state index in [-0.39, 0.29) is 17.5 Å². The Bertz CT molecular complexity index is 865. The minimum Gasteiger partial charge on any atom is -0.415 e. The van der Waals surface area contributed by atoms with Crippen LogP contribution in [-0.4, -0.2) is 45.0 Å². The number of carbonyl (C=O) groups excluding carboxylic acids is 2. The lowest BCUT2D eigenvalue weighted by molar-refractivity contribution is -0.117. The SMILES string of the molecule is CC(C)(C)[Si](C)(C)OCCN(C(=O)CNc1ccc(C(=O)NO)cc1)c1ccccc1. The van der Waals surface area contributed by atoms with Crippen LogP contribution in [-0.2, 0) is 9.22 Å². The van der Waals surface area contributed by atoms with Crippen LogP contribution in [0, 0.1) is 0 Å². The molecule has 0 heterocycles. The summed E-state index contributed by atoms with van der Waals surface area (Å²) in [5.41, 5.74) is 3.45. The molecule has 0 aliphatic rings. The van der Waals surface area contributed by atoms with Gasteiger partial charge in [-0.05, 0) is 54.5 Å². The summed E-state index contributed by atoms with van der Waals surface area (Å²) in [4.78, 5) is 26.2. The lowest BCUT2D eigenvalue weighted by atomic mass is 10.2. The maximum Gasteiger partial charge on any atom is 0.274 e. The van der Waals surface area contributed by atoms with Gasteiger partial charge in [-0.2, -0.15) is 0 Å². The molecule has 2 rings (SSSR count). The quantitative estimate of drug-likeness (QED) is 0.306. The van der Waals surface area contributed by atoms with Gasteiger partial charge in [-0.3, -0.25) is 14.8 Å². The fourth-order valence-corrected chi connectivity index (χ4v) is 3.73. The molecule has 0 aromatic heterocycles. The van der Waals surface area contributed by atoms with Crippen molar-refractivity contribution < 1.29 is 19.2 Å². The smallest absolute Gasteiger partial charge is 0.274 e. The average molecular weight is 444 g/mol. The van der Waals surface area contributed by atoms with Crippen molar-refractivity contribution in [3.63, 3.8) is 0 Å². The van der Waals surface area contributed by atoms with Crippen LogP contribution in [0.25, 0.3) is 0 Å². The summed E-state index contributed by atoms with van der Waals surface area (Å²) in [5, 5.41) is 11.9. The zero-order valence-electron chi connectivity index (χ0n) is 18.9. The van der Waals surface area contributed by atoms with Gasteiger partial charge in [0.2, 0.25) is 5.91 Å². The number of para-hydroxylation sites is 1. The fraction of sp³-hybridized carbons (Fsp3) is 0.391. The second kappa shape index (κ2) is 10.6. The second-order valence-corrected chi connectivity index (χ2v) is 13.7. The van der Waals surface area contributed by atoms with E-state index < -0.39 is 14.2 Å². The predicted octanol–water partition coefficient (Wildman–Crippen LogP) is 4.27. The van der Waals surface area contributed by atoms with Crippen LogP contribution in [0.4, 0.5) is 11.4 Å². The Morgan fingerprint density at radius 1 is 1.03 bits per heavy atom. The molecule has 0 unspecified atom stereocenters. The normalized spacial score (nSPS) is 11.7. The number of nitrogens with one attached hydrogen (secondary N) is 2. The largest absolute Gasteiger partial charge is 0.415 e. The molecule has 2 aromatic carbocycles. The molecule has 0 bridgehead atoms. The zero-order chi connectivity index (χ0) is 23.1. The minimum atomic E-state index is -1.90.